The molecule has 0 radical (unpaired) electrons. The van der Waals surface area contributed by atoms with Crippen molar-refractivity contribution in [2.45, 2.75) is 58.3 Å². The molecule has 0 spiro atoms. The van der Waals surface area contributed by atoms with E-state index in [1.54, 1.807) is 6.92 Å². The topological polar surface area (TPSA) is 55.1 Å². The van der Waals surface area contributed by atoms with E-state index in [1.807, 2.05) is 0 Å². The molecule has 0 saturated carbocycles. The number of rotatable bonds is 2. The summed E-state index contributed by atoms with van der Waals surface area (Å²) < 4.78 is 0. The summed E-state index contributed by atoms with van der Waals surface area (Å²) in [4.78, 5) is 11.8. The van der Waals surface area contributed by atoms with Crippen LogP contribution < -0.4 is 11.1 Å². The molecule has 0 bridgehead atoms. The molecule has 0 saturated heterocycles. The molecule has 4 rings (SSSR count). The van der Waals surface area contributed by atoms with Crippen LogP contribution in [-0.4, -0.2) is 5.91 Å². The number of carbonyl (C=O) groups is 1. The van der Waals surface area contributed by atoms with Gasteiger partial charge in [0.2, 0.25) is 5.91 Å². The molecule has 130 valence electrons. The van der Waals surface area contributed by atoms with E-state index in [4.69, 9.17) is 5.73 Å². The molecular formula is C22H26N2O. The number of anilines is 2. The van der Waals surface area contributed by atoms with Crippen LogP contribution in [0, 0.1) is 0 Å². The highest BCUT2D eigenvalue weighted by atomic mass is 16.1. The molecule has 0 fully saturated rings. The van der Waals surface area contributed by atoms with Gasteiger partial charge in [-0.15, -0.1) is 0 Å². The number of carbonyl (C=O) groups excluding carboxylic acids is 1. The van der Waals surface area contributed by atoms with Crippen LogP contribution in [0.15, 0.2) is 24.3 Å². The Labute approximate surface area is 149 Å². The summed E-state index contributed by atoms with van der Waals surface area (Å²) in [5, 5.41) is 3.06. The lowest BCUT2D eigenvalue weighted by molar-refractivity contribution is -0.114. The molecule has 1 amide bonds. The number of hydrogen-bond acceptors (Lipinski definition) is 2. The van der Waals surface area contributed by atoms with Crippen molar-refractivity contribution in [3.63, 3.8) is 0 Å². The van der Waals surface area contributed by atoms with E-state index >= 15 is 0 Å². The number of amides is 1. The van der Waals surface area contributed by atoms with Crippen molar-refractivity contribution in [2.24, 2.45) is 0 Å². The molecule has 0 aliphatic heterocycles. The normalized spacial score (nSPS) is 16.0. The lowest BCUT2D eigenvalue weighted by atomic mass is 9.79. The minimum absolute atomic E-state index is 0.0274. The van der Waals surface area contributed by atoms with Crippen LogP contribution in [0.3, 0.4) is 0 Å². The van der Waals surface area contributed by atoms with Crippen molar-refractivity contribution in [3.8, 4) is 11.1 Å². The van der Waals surface area contributed by atoms with Crippen molar-refractivity contribution in [2.75, 3.05) is 11.1 Å². The Balaban J connectivity index is 2.00. The Hall–Kier alpha value is -2.29. The largest absolute Gasteiger partial charge is 0.398 e. The molecule has 2 aliphatic carbocycles. The average molecular weight is 334 g/mol. The van der Waals surface area contributed by atoms with Gasteiger partial charge in [-0.3, -0.25) is 4.79 Å². The Morgan fingerprint density at radius 3 is 2.04 bits per heavy atom. The standard InChI is InChI=1S/C22H26N2O/c1-14(25)24-20-13-11-16-7-3-5-9-18(16)22(20)21-17-8-4-2-6-15(17)10-12-19(21)23/h10-13H,2-9,23H2,1H3,(H,24,25). The van der Waals surface area contributed by atoms with E-state index in [1.165, 1.54) is 59.1 Å². The number of hydrogen-bond donors (Lipinski definition) is 2. The summed E-state index contributed by atoms with van der Waals surface area (Å²) >= 11 is 0. The van der Waals surface area contributed by atoms with Crippen molar-refractivity contribution >= 4 is 17.3 Å². The highest BCUT2D eigenvalue weighted by Gasteiger charge is 2.24. The molecule has 3 heteroatoms. The SMILES string of the molecule is CC(=O)Nc1ccc2c(c1-c1c(N)ccc3c1CCCC3)CCCC2. The van der Waals surface area contributed by atoms with E-state index in [0.29, 0.717) is 0 Å². The van der Waals surface area contributed by atoms with Gasteiger partial charge in [-0.1, -0.05) is 12.1 Å². The molecule has 0 atom stereocenters. The highest BCUT2D eigenvalue weighted by molar-refractivity contribution is 5.98. The first kappa shape index (κ1) is 16.2. The Morgan fingerprint density at radius 2 is 1.40 bits per heavy atom. The molecule has 3 nitrogen and oxygen atoms in total. The highest BCUT2D eigenvalue weighted by Crippen LogP contribution is 2.44. The van der Waals surface area contributed by atoms with Crippen LogP contribution in [0.1, 0.15) is 54.9 Å². The summed E-state index contributed by atoms with van der Waals surface area (Å²) in [6.07, 6.45) is 9.33. The molecule has 3 N–H and O–H groups in total. The van der Waals surface area contributed by atoms with E-state index in [9.17, 15) is 4.79 Å². The smallest absolute Gasteiger partial charge is 0.221 e. The molecule has 2 aromatic carbocycles. The average Bonchev–Trinajstić information content (AvgIpc) is 2.62. The summed E-state index contributed by atoms with van der Waals surface area (Å²) in [7, 11) is 0. The minimum atomic E-state index is -0.0274. The van der Waals surface area contributed by atoms with Gasteiger partial charge in [0, 0.05) is 29.4 Å². The zero-order chi connectivity index (χ0) is 17.4. The molecule has 2 aromatic rings. The maximum atomic E-state index is 11.8. The first-order valence-electron chi connectivity index (χ1n) is 9.48. The number of fused-ring (bicyclic) bond motifs is 2. The number of nitrogen functional groups attached to an aromatic ring is 1. The van der Waals surface area contributed by atoms with E-state index in [0.717, 1.165) is 37.1 Å². The van der Waals surface area contributed by atoms with Crippen LogP contribution in [0.2, 0.25) is 0 Å². The van der Waals surface area contributed by atoms with Gasteiger partial charge in [-0.2, -0.15) is 0 Å². The van der Waals surface area contributed by atoms with E-state index < -0.39 is 0 Å². The van der Waals surface area contributed by atoms with Crippen molar-refractivity contribution in [1.29, 1.82) is 0 Å². The Kier molecular flexibility index (Phi) is 4.24. The quantitative estimate of drug-likeness (QED) is 0.785. The van der Waals surface area contributed by atoms with Crippen molar-refractivity contribution in [3.05, 3.63) is 46.5 Å². The predicted octanol–water partition coefficient (Wildman–Crippen LogP) is 4.65. The van der Waals surface area contributed by atoms with Gasteiger partial charge in [-0.05, 0) is 85.8 Å². The third-order valence-corrected chi connectivity index (χ3v) is 5.66. The number of nitrogens with two attached hydrogens (primary N) is 1. The Morgan fingerprint density at radius 1 is 0.840 bits per heavy atom. The Bertz CT molecular complexity index is 838. The van der Waals surface area contributed by atoms with Gasteiger partial charge >= 0.3 is 0 Å². The van der Waals surface area contributed by atoms with Gasteiger partial charge in [0.25, 0.3) is 0 Å². The van der Waals surface area contributed by atoms with Crippen LogP contribution in [0.25, 0.3) is 11.1 Å². The molecule has 25 heavy (non-hydrogen) atoms. The van der Waals surface area contributed by atoms with Crippen LogP contribution in [0.4, 0.5) is 11.4 Å². The monoisotopic (exact) mass is 334 g/mol. The fourth-order valence-electron chi connectivity index (χ4n) is 4.55. The molecule has 2 aliphatic rings. The van der Waals surface area contributed by atoms with Gasteiger partial charge in [0.1, 0.15) is 0 Å². The maximum Gasteiger partial charge on any atom is 0.221 e. The maximum absolute atomic E-state index is 11.8. The fourth-order valence-corrected chi connectivity index (χ4v) is 4.55. The number of aryl methyl sites for hydroxylation is 2. The predicted molar refractivity (Wildman–Crippen MR) is 104 cm³/mol. The first-order valence-corrected chi connectivity index (χ1v) is 9.48. The third-order valence-electron chi connectivity index (χ3n) is 5.66. The zero-order valence-corrected chi connectivity index (χ0v) is 15.0. The van der Waals surface area contributed by atoms with Crippen LogP contribution >= 0.6 is 0 Å². The molecular weight excluding hydrogens is 308 g/mol. The van der Waals surface area contributed by atoms with Crippen LogP contribution in [-0.2, 0) is 30.5 Å². The second-order valence-corrected chi connectivity index (χ2v) is 7.39. The first-order chi connectivity index (χ1) is 12.1. The number of nitrogens with one attached hydrogen (secondary N) is 1. The van der Waals surface area contributed by atoms with Crippen molar-refractivity contribution in [1.82, 2.24) is 0 Å². The molecule has 0 aromatic heterocycles. The minimum Gasteiger partial charge on any atom is -0.398 e. The summed E-state index contributed by atoms with van der Waals surface area (Å²) in [6.45, 7) is 1.58. The second-order valence-electron chi connectivity index (χ2n) is 7.39. The van der Waals surface area contributed by atoms with E-state index in [2.05, 4.69) is 29.6 Å². The second kappa shape index (κ2) is 6.55. The fraction of sp³-hybridized carbons (Fsp3) is 0.409. The van der Waals surface area contributed by atoms with Gasteiger partial charge in [0.05, 0.1) is 0 Å². The molecule has 0 heterocycles. The van der Waals surface area contributed by atoms with Gasteiger partial charge in [0.15, 0.2) is 0 Å². The zero-order valence-electron chi connectivity index (χ0n) is 15.0. The van der Waals surface area contributed by atoms with Crippen LogP contribution in [0.5, 0.6) is 0 Å². The summed E-state index contributed by atoms with van der Waals surface area (Å²) in [6, 6.07) is 8.51. The lowest BCUT2D eigenvalue weighted by Crippen LogP contribution is -2.14. The number of benzene rings is 2. The third kappa shape index (κ3) is 2.92. The van der Waals surface area contributed by atoms with E-state index in [-0.39, 0.29) is 5.91 Å². The van der Waals surface area contributed by atoms with Crippen molar-refractivity contribution < 1.29 is 4.79 Å². The summed E-state index contributed by atoms with van der Waals surface area (Å²) in [5.41, 5.74) is 16.3. The summed E-state index contributed by atoms with van der Waals surface area (Å²) in [5.74, 6) is -0.0274. The molecule has 0 unspecified atom stereocenters. The lowest BCUT2D eigenvalue weighted by Gasteiger charge is -2.27. The van der Waals surface area contributed by atoms with Gasteiger partial charge < -0.3 is 11.1 Å². The van der Waals surface area contributed by atoms with Gasteiger partial charge in [-0.25, -0.2) is 0 Å².